The van der Waals surface area contributed by atoms with Gasteiger partial charge in [0.1, 0.15) is 5.75 Å². The van der Waals surface area contributed by atoms with Crippen LogP contribution in [0.5, 0.6) is 17.2 Å². The third-order valence-electron chi connectivity index (χ3n) is 3.22. The normalized spacial score (nSPS) is 10.2. The number of halogens is 1. The van der Waals surface area contributed by atoms with Gasteiger partial charge >= 0.3 is 0 Å². The lowest BCUT2D eigenvalue weighted by atomic mass is 10.1. The highest BCUT2D eigenvalue weighted by molar-refractivity contribution is 14.1. The first kappa shape index (κ1) is 18.4. The Morgan fingerprint density at radius 1 is 1.08 bits per heavy atom. The lowest BCUT2D eigenvalue weighted by Gasteiger charge is -2.15. The van der Waals surface area contributed by atoms with Gasteiger partial charge in [-0.15, -0.1) is 0 Å². The van der Waals surface area contributed by atoms with E-state index in [4.69, 9.17) is 14.2 Å². The summed E-state index contributed by atoms with van der Waals surface area (Å²) in [7, 11) is 1.57. The van der Waals surface area contributed by atoms with Crippen LogP contribution in [0, 0.1) is 3.57 Å². The number of hydrogen-bond donors (Lipinski definition) is 1. The number of hydrogen-bond acceptors (Lipinski definition) is 4. The molecule has 2 aromatic rings. The lowest BCUT2D eigenvalue weighted by molar-refractivity contribution is 0.102. The van der Waals surface area contributed by atoms with Gasteiger partial charge in [0.25, 0.3) is 5.91 Å². The number of anilines is 1. The second kappa shape index (κ2) is 8.77. The highest BCUT2D eigenvalue weighted by Gasteiger charge is 2.16. The molecule has 6 heteroatoms. The summed E-state index contributed by atoms with van der Waals surface area (Å²) in [6, 6.07) is 10.7. The van der Waals surface area contributed by atoms with Crippen LogP contribution in [0.25, 0.3) is 0 Å². The number of methoxy groups -OCH3 is 1. The fraction of sp³-hybridized carbons (Fsp3) is 0.278. The highest BCUT2D eigenvalue weighted by Crippen LogP contribution is 2.34. The second-order valence-electron chi connectivity index (χ2n) is 4.81. The maximum Gasteiger partial charge on any atom is 0.255 e. The first-order valence-electron chi connectivity index (χ1n) is 7.64. The molecule has 1 N–H and O–H groups in total. The van der Waals surface area contributed by atoms with Gasteiger partial charge in [-0.2, -0.15) is 0 Å². The van der Waals surface area contributed by atoms with Crippen molar-refractivity contribution in [1.82, 2.24) is 0 Å². The van der Waals surface area contributed by atoms with Crippen molar-refractivity contribution in [2.75, 3.05) is 25.6 Å². The third kappa shape index (κ3) is 4.31. The van der Waals surface area contributed by atoms with Crippen LogP contribution in [0.2, 0.25) is 0 Å². The standard InChI is InChI=1S/C18H20INO4/c1-4-23-16-11-12(10-13(19)17(16)24-5-2)18(21)20-14-8-6-7-9-15(14)22-3/h6-11H,4-5H2,1-3H3,(H,20,21). The summed E-state index contributed by atoms with van der Waals surface area (Å²) in [6.45, 7) is 4.83. The van der Waals surface area contributed by atoms with E-state index in [1.54, 1.807) is 31.4 Å². The van der Waals surface area contributed by atoms with Crippen molar-refractivity contribution >= 4 is 34.2 Å². The molecule has 5 nitrogen and oxygen atoms in total. The second-order valence-corrected chi connectivity index (χ2v) is 5.97. The van der Waals surface area contributed by atoms with Gasteiger partial charge in [0.05, 0.1) is 29.6 Å². The van der Waals surface area contributed by atoms with Gasteiger partial charge in [0.15, 0.2) is 11.5 Å². The molecule has 2 aromatic carbocycles. The SMILES string of the molecule is CCOc1cc(C(=O)Nc2ccccc2OC)cc(I)c1OCC. The van der Waals surface area contributed by atoms with E-state index in [0.717, 1.165) is 3.57 Å². The summed E-state index contributed by atoms with van der Waals surface area (Å²) in [4.78, 5) is 12.6. The highest BCUT2D eigenvalue weighted by atomic mass is 127. The van der Waals surface area contributed by atoms with E-state index in [9.17, 15) is 4.79 Å². The summed E-state index contributed by atoms with van der Waals surface area (Å²) in [5, 5.41) is 2.86. The number of para-hydroxylation sites is 2. The van der Waals surface area contributed by atoms with Crippen LogP contribution < -0.4 is 19.5 Å². The van der Waals surface area contributed by atoms with E-state index in [1.165, 1.54) is 0 Å². The van der Waals surface area contributed by atoms with Crippen molar-refractivity contribution in [1.29, 1.82) is 0 Å². The Labute approximate surface area is 155 Å². The maximum absolute atomic E-state index is 12.6. The van der Waals surface area contributed by atoms with Crippen molar-refractivity contribution in [3.63, 3.8) is 0 Å². The zero-order chi connectivity index (χ0) is 17.5. The van der Waals surface area contributed by atoms with E-state index >= 15 is 0 Å². The van der Waals surface area contributed by atoms with Gasteiger partial charge in [0, 0.05) is 5.56 Å². The molecule has 128 valence electrons. The average Bonchev–Trinajstić information content (AvgIpc) is 2.58. The molecule has 0 saturated carbocycles. The molecule has 0 aliphatic rings. The van der Waals surface area contributed by atoms with E-state index < -0.39 is 0 Å². The summed E-state index contributed by atoms with van der Waals surface area (Å²) in [5.74, 6) is 1.60. The molecule has 0 saturated heterocycles. The van der Waals surface area contributed by atoms with E-state index in [2.05, 4.69) is 27.9 Å². The minimum Gasteiger partial charge on any atom is -0.495 e. The van der Waals surface area contributed by atoms with Crippen LogP contribution in [0.1, 0.15) is 24.2 Å². The van der Waals surface area contributed by atoms with Gasteiger partial charge in [-0.25, -0.2) is 0 Å². The Morgan fingerprint density at radius 3 is 2.46 bits per heavy atom. The summed E-state index contributed by atoms with van der Waals surface area (Å²) >= 11 is 2.14. The van der Waals surface area contributed by atoms with Gasteiger partial charge in [0.2, 0.25) is 0 Å². The molecule has 0 fully saturated rings. The molecule has 0 heterocycles. The van der Waals surface area contributed by atoms with Crippen LogP contribution in [0.4, 0.5) is 5.69 Å². The summed E-state index contributed by atoms with van der Waals surface area (Å²) < 4.78 is 17.3. The number of ether oxygens (including phenoxy) is 3. The van der Waals surface area contributed by atoms with Crippen molar-refractivity contribution in [3.8, 4) is 17.2 Å². The molecule has 0 bridgehead atoms. The Bertz CT molecular complexity index is 718. The molecule has 1 amide bonds. The zero-order valence-corrected chi connectivity index (χ0v) is 16.0. The minimum atomic E-state index is -0.235. The Hall–Kier alpha value is -1.96. The first-order valence-corrected chi connectivity index (χ1v) is 8.72. The quantitative estimate of drug-likeness (QED) is 0.650. The van der Waals surface area contributed by atoms with Gasteiger partial charge in [-0.05, 0) is 60.7 Å². The number of benzene rings is 2. The Balaban J connectivity index is 2.32. The van der Waals surface area contributed by atoms with Crippen molar-refractivity contribution in [2.45, 2.75) is 13.8 Å². The van der Waals surface area contributed by atoms with Crippen LogP contribution in [-0.2, 0) is 0 Å². The van der Waals surface area contributed by atoms with Crippen LogP contribution >= 0.6 is 22.6 Å². The van der Waals surface area contributed by atoms with Crippen LogP contribution in [0.15, 0.2) is 36.4 Å². The van der Waals surface area contributed by atoms with Crippen LogP contribution in [0.3, 0.4) is 0 Å². The Kier molecular flexibility index (Phi) is 6.72. The molecule has 0 aromatic heterocycles. The molecule has 0 aliphatic carbocycles. The molecule has 0 spiro atoms. The molecule has 0 atom stereocenters. The predicted molar refractivity (Wildman–Crippen MR) is 102 cm³/mol. The minimum absolute atomic E-state index is 0.235. The number of carbonyl (C=O) groups is 1. The van der Waals surface area contributed by atoms with E-state index in [0.29, 0.717) is 41.7 Å². The molecule has 0 radical (unpaired) electrons. The van der Waals surface area contributed by atoms with Gasteiger partial charge in [-0.3, -0.25) is 4.79 Å². The van der Waals surface area contributed by atoms with Crippen molar-refractivity contribution < 1.29 is 19.0 Å². The number of rotatable bonds is 7. The van der Waals surface area contributed by atoms with Crippen molar-refractivity contribution in [3.05, 3.63) is 45.5 Å². The number of amides is 1. The number of nitrogens with one attached hydrogen (secondary N) is 1. The lowest BCUT2D eigenvalue weighted by Crippen LogP contribution is -2.13. The molecule has 24 heavy (non-hydrogen) atoms. The summed E-state index contributed by atoms with van der Waals surface area (Å²) in [6.07, 6.45) is 0. The largest absolute Gasteiger partial charge is 0.495 e. The molecule has 0 unspecified atom stereocenters. The topological polar surface area (TPSA) is 56.8 Å². The predicted octanol–water partition coefficient (Wildman–Crippen LogP) is 4.35. The Morgan fingerprint density at radius 2 is 1.79 bits per heavy atom. The van der Waals surface area contributed by atoms with Gasteiger partial charge in [-0.1, -0.05) is 12.1 Å². The monoisotopic (exact) mass is 441 g/mol. The molecule has 2 rings (SSSR count). The third-order valence-corrected chi connectivity index (χ3v) is 4.02. The van der Waals surface area contributed by atoms with E-state index in [-0.39, 0.29) is 5.91 Å². The summed E-state index contributed by atoms with van der Waals surface area (Å²) in [5.41, 5.74) is 1.11. The van der Waals surface area contributed by atoms with Crippen molar-refractivity contribution in [2.24, 2.45) is 0 Å². The smallest absolute Gasteiger partial charge is 0.255 e. The van der Waals surface area contributed by atoms with Gasteiger partial charge < -0.3 is 19.5 Å². The zero-order valence-electron chi connectivity index (χ0n) is 13.9. The first-order chi connectivity index (χ1) is 11.6. The fourth-order valence-corrected chi connectivity index (χ4v) is 2.95. The molecular weight excluding hydrogens is 421 g/mol. The maximum atomic E-state index is 12.6. The van der Waals surface area contributed by atoms with E-state index in [1.807, 2.05) is 26.0 Å². The fourth-order valence-electron chi connectivity index (χ4n) is 2.19. The average molecular weight is 441 g/mol. The molecule has 0 aliphatic heterocycles. The molecular formula is C18H20INO4. The van der Waals surface area contributed by atoms with Crippen LogP contribution in [-0.4, -0.2) is 26.2 Å². The number of carbonyl (C=O) groups excluding carboxylic acids is 1.